The fraction of sp³-hybridized carbons (Fsp3) is 0.652. The third-order valence-corrected chi connectivity index (χ3v) is 6.24. The third kappa shape index (κ3) is 6.03. The number of methoxy groups -OCH3 is 3. The number of nitrogens with one attached hydrogen (secondary N) is 2. The van der Waals surface area contributed by atoms with E-state index in [1.807, 2.05) is 0 Å². The Hall–Kier alpha value is -2.48. The molecular formula is C23H37N3O5. The Morgan fingerprint density at radius 2 is 1.55 bits per heavy atom. The maximum Gasteiger partial charge on any atom is 0.252 e. The molecule has 1 aliphatic rings. The van der Waals surface area contributed by atoms with Crippen molar-refractivity contribution in [3.05, 3.63) is 17.7 Å². The van der Waals surface area contributed by atoms with Gasteiger partial charge >= 0.3 is 0 Å². The summed E-state index contributed by atoms with van der Waals surface area (Å²) in [6.45, 7) is 2.25. The summed E-state index contributed by atoms with van der Waals surface area (Å²) >= 11 is 0. The molecule has 1 fully saturated rings. The molecule has 1 aliphatic carbocycles. The standard InChI is InChI=1S/C23H37N3O5/c1-16(21(27)24-15-23(26(2)3)11-9-7-8-10-12-23)25-22(28)17-13-18(29-4)20(31-6)19(14-17)30-5/h13-14,16H,7-12,15H2,1-6H3,(H,24,27)(H,25,28)/t16-/m0/s1. The molecule has 2 amide bonds. The Morgan fingerprint density at radius 1 is 1.00 bits per heavy atom. The number of amides is 2. The van der Waals surface area contributed by atoms with Crippen LogP contribution in [-0.2, 0) is 4.79 Å². The van der Waals surface area contributed by atoms with Crippen molar-refractivity contribution in [3.8, 4) is 17.2 Å². The van der Waals surface area contributed by atoms with Crippen molar-refractivity contribution >= 4 is 11.8 Å². The van der Waals surface area contributed by atoms with Gasteiger partial charge in [-0.15, -0.1) is 0 Å². The van der Waals surface area contributed by atoms with Crippen LogP contribution in [0.5, 0.6) is 17.2 Å². The van der Waals surface area contributed by atoms with Gasteiger partial charge in [0.1, 0.15) is 6.04 Å². The fourth-order valence-electron chi connectivity index (χ4n) is 4.13. The zero-order valence-electron chi connectivity index (χ0n) is 19.7. The molecule has 2 N–H and O–H groups in total. The Balaban J connectivity index is 2.04. The molecule has 0 heterocycles. The topological polar surface area (TPSA) is 89.1 Å². The molecule has 8 heteroatoms. The molecular weight excluding hydrogens is 398 g/mol. The van der Waals surface area contributed by atoms with Gasteiger partial charge in [-0.25, -0.2) is 0 Å². The van der Waals surface area contributed by atoms with E-state index in [2.05, 4.69) is 29.6 Å². The lowest BCUT2D eigenvalue weighted by atomic mass is 9.88. The van der Waals surface area contributed by atoms with E-state index < -0.39 is 11.9 Å². The van der Waals surface area contributed by atoms with Crippen LogP contribution in [0.4, 0.5) is 0 Å². The first-order valence-corrected chi connectivity index (χ1v) is 10.8. The summed E-state index contributed by atoms with van der Waals surface area (Å²) in [6.07, 6.45) is 6.94. The van der Waals surface area contributed by atoms with Crippen LogP contribution in [0.15, 0.2) is 12.1 Å². The minimum Gasteiger partial charge on any atom is -0.493 e. The molecule has 174 valence electrons. The van der Waals surface area contributed by atoms with Crippen LogP contribution in [0.1, 0.15) is 55.8 Å². The zero-order chi connectivity index (χ0) is 23.0. The predicted octanol–water partition coefficient (Wildman–Crippen LogP) is 2.60. The van der Waals surface area contributed by atoms with Gasteiger partial charge in [0.05, 0.1) is 21.3 Å². The van der Waals surface area contributed by atoms with Crippen LogP contribution in [0.3, 0.4) is 0 Å². The molecule has 0 bridgehead atoms. The first kappa shape index (κ1) is 24.8. The van der Waals surface area contributed by atoms with Crippen LogP contribution in [-0.4, -0.2) is 70.3 Å². The maximum atomic E-state index is 12.8. The summed E-state index contributed by atoms with van der Waals surface area (Å²) in [6, 6.07) is 2.44. The largest absolute Gasteiger partial charge is 0.493 e. The van der Waals surface area contributed by atoms with Crippen molar-refractivity contribution in [2.45, 2.75) is 57.0 Å². The smallest absolute Gasteiger partial charge is 0.252 e. The Bertz CT molecular complexity index is 733. The molecule has 0 unspecified atom stereocenters. The van der Waals surface area contributed by atoms with Crippen molar-refractivity contribution in [2.75, 3.05) is 42.0 Å². The maximum absolute atomic E-state index is 12.8. The normalized spacial score (nSPS) is 16.7. The van der Waals surface area contributed by atoms with E-state index in [4.69, 9.17) is 14.2 Å². The van der Waals surface area contributed by atoms with Crippen LogP contribution in [0.25, 0.3) is 0 Å². The van der Waals surface area contributed by atoms with E-state index in [0.29, 0.717) is 29.4 Å². The number of hydrogen-bond donors (Lipinski definition) is 2. The van der Waals surface area contributed by atoms with Crippen LogP contribution < -0.4 is 24.8 Å². The molecule has 1 aromatic carbocycles. The SMILES string of the molecule is COc1cc(C(=O)N[C@@H](C)C(=O)NCC2(N(C)C)CCCCCC2)cc(OC)c1OC. The summed E-state index contributed by atoms with van der Waals surface area (Å²) in [5.41, 5.74) is 0.287. The number of benzene rings is 1. The van der Waals surface area contributed by atoms with Crippen molar-refractivity contribution in [2.24, 2.45) is 0 Å². The predicted molar refractivity (Wildman–Crippen MR) is 120 cm³/mol. The number of rotatable bonds is 9. The van der Waals surface area contributed by atoms with E-state index in [9.17, 15) is 9.59 Å². The minimum absolute atomic E-state index is 0.0351. The van der Waals surface area contributed by atoms with Gasteiger partial charge < -0.3 is 29.7 Å². The molecule has 1 aromatic rings. The Kier molecular flexibility index (Phi) is 8.98. The first-order valence-electron chi connectivity index (χ1n) is 10.8. The number of nitrogens with zero attached hydrogens (tertiary/aromatic N) is 1. The highest BCUT2D eigenvalue weighted by Crippen LogP contribution is 2.38. The van der Waals surface area contributed by atoms with Gasteiger partial charge in [-0.05, 0) is 46.0 Å². The third-order valence-electron chi connectivity index (χ3n) is 6.24. The lowest BCUT2D eigenvalue weighted by Crippen LogP contribution is -2.55. The summed E-state index contributed by atoms with van der Waals surface area (Å²) in [5, 5.41) is 5.82. The molecule has 8 nitrogen and oxygen atoms in total. The van der Waals surface area contributed by atoms with Crippen LogP contribution in [0, 0.1) is 0 Å². The van der Waals surface area contributed by atoms with E-state index in [-0.39, 0.29) is 11.4 Å². The second-order valence-electron chi connectivity index (χ2n) is 8.36. The minimum atomic E-state index is -0.684. The molecule has 1 atom stereocenters. The summed E-state index contributed by atoms with van der Waals surface area (Å²) in [7, 11) is 8.63. The molecule has 31 heavy (non-hydrogen) atoms. The molecule has 0 aliphatic heterocycles. The molecule has 0 radical (unpaired) electrons. The van der Waals surface area contributed by atoms with Gasteiger partial charge in [0.15, 0.2) is 11.5 Å². The average Bonchev–Trinajstić information content (AvgIpc) is 3.02. The first-order chi connectivity index (χ1) is 14.8. The molecule has 1 saturated carbocycles. The highest BCUT2D eigenvalue weighted by Gasteiger charge is 2.34. The van der Waals surface area contributed by atoms with E-state index in [1.54, 1.807) is 19.1 Å². The average molecular weight is 436 g/mol. The second kappa shape index (κ2) is 11.2. The van der Waals surface area contributed by atoms with Crippen molar-refractivity contribution in [1.82, 2.24) is 15.5 Å². The second-order valence-corrected chi connectivity index (χ2v) is 8.36. The van der Waals surface area contributed by atoms with E-state index in [0.717, 1.165) is 12.8 Å². The summed E-state index contributed by atoms with van der Waals surface area (Å²) < 4.78 is 15.9. The molecule has 2 rings (SSSR count). The lowest BCUT2D eigenvalue weighted by molar-refractivity contribution is -0.123. The summed E-state index contributed by atoms with van der Waals surface area (Å²) in [5.74, 6) is 0.575. The van der Waals surface area contributed by atoms with Gasteiger partial charge in [0.2, 0.25) is 11.7 Å². The van der Waals surface area contributed by atoms with Gasteiger partial charge in [-0.1, -0.05) is 25.7 Å². The van der Waals surface area contributed by atoms with Crippen LogP contribution >= 0.6 is 0 Å². The number of ether oxygens (including phenoxy) is 3. The van der Waals surface area contributed by atoms with Crippen molar-refractivity contribution in [3.63, 3.8) is 0 Å². The Morgan fingerprint density at radius 3 is 2.00 bits per heavy atom. The molecule has 0 saturated heterocycles. The van der Waals surface area contributed by atoms with Crippen LogP contribution in [0.2, 0.25) is 0 Å². The number of hydrogen-bond acceptors (Lipinski definition) is 6. The number of carbonyl (C=O) groups is 2. The highest BCUT2D eigenvalue weighted by molar-refractivity contribution is 5.98. The zero-order valence-corrected chi connectivity index (χ0v) is 19.7. The van der Waals surface area contributed by atoms with E-state index in [1.165, 1.54) is 47.0 Å². The highest BCUT2D eigenvalue weighted by atomic mass is 16.5. The van der Waals surface area contributed by atoms with Gasteiger partial charge in [-0.2, -0.15) is 0 Å². The fourth-order valence-corrected chi connectivity index (χ4v) is 4.13. The van der Waals surface area contributed by atoms with Crippen molar-refractivity contribution < 1.29 is 23.8 Å². The van der Waals surface area contributed by atoms with Crippen molar-refractivity contribution in [1.29, 1.82) is 0 Å². The summed E-state index contributed by atoms with van der Waals surface area (Å²) in [4.78, 5) is 27.7. The monoisotopic (exact) mass is 435 g/mol. The molecule has 0 spiro atoms. The quantitative estimate of drug-likeness (QED) is 0.580. The van der Waals surface area contributed by atoms with Gasteiger partial charge in [0, 0.05) is 17.6 Å². The van der Waals surface area contributed by atoms with Gasteiger partial charge in [0.25, 0.3) is 5.91 Å². The van der Waals surface area contributed by atoms with Gasteiger partial charge in [-0.3, -0.25) is 9.59 Å². The lowest BCUT2D eigenvalue weighted by Gasteiger charge is -2.40. The number of likely N-dealkylation sites (N-methyl/N-ethyl adjacent to an activating group) is 1. The Labute approximate surface area is 185 Å². The number of carbonyl (C=O) groups excluding carboxylic acids is 2. The van der Waals surface area contributed by atoms with E-state index >= 15 is 0 Å². The molecule has 0 aromatic heterocycles.